The number of rotatable bonds is 7. The Morgan fingerprint density at radius 3 is 2.65 bits per heavy atom. The highest BCUT2D eigenvalue weighted by molar-refractivity contribution is 5.85. The van der Waals surface area contributed by atoms with Crippen LogP contribution in [0.3, 0.4) is 0 Å². The Hall–Kier alpha value is -0.740. The number of carbonyl (C=O) groups excluding carboxylic acids is 1. The lowest BCUT2D eigenvalue weighted by Gasteiger charge is -2.58. The number of halogens is 1. The number of ether oxygens (including phenoxy) is 1. The minimum Gasteiger partial charge on any atom is -0.446 e. The predicted octanol–water partition coefficient (Wildman–Crippen LogP) is 7.08. The number of amides is 1. The Morgan fingerprint density at radius 2 is 1.94 bits per heavy atom. The number of hydrogen-bond donors (Lipinski definition) is 1. The van der Waals surface area contributed by atoms with Gasteiger partial charge in [0.15, 0.2) is 0 Å². The first-order chi connectivity index (χ1) is 15.7. The van der Waals surface area contributed by atoms with Crippen molar-refractivity contribution in [2.24, 2.45) is 40.4 Å². The van der Waals surface area contributed by atoms with E-state index >= 15 is 0 Å². The number of allylic oxidation sites excluding steroid dienone is 1. The van der Waals surface area contributed by atoms with E-state index in [-0.39, 0.29) is 24.6 Å². The van der Waals surface area contributed by atoms with Crippen LogP contribution >= 0.6 is 12.4 Å². The quantitative estimate of drug-likeness (QED) is 0.384. The number of alkyl carbamates (subject to hydrolysis) is 1. The molecule has 0 aromatic carbocycles. The molecule has 5 heteroatoms. The molecular weight excluding hydrogens is 444 g/mol. The monoisotopic (exact) mass is 494 g/mol. The van der Waals surface area contributed by atoms with E-state index in [1.807, 2.05) is 14.1 Å². The van der Waals surface area contributed by atoms with Gasteiger partial charge in [0, 0.05) is 19.5 Å². The summed E-state index contributed by atoms with van der Waals surface area (Å²) in [5.74, 6) is 4.40. The summed E-state index contributed by atoms with van der Waals surface area (Å²) in [5, 5.41) is 2.92. The summed E-state index contributed by atoms with van der Waals surface area (Å²) in [7, 11) is 4.03. The second kappa shape index (κ2) is 11.1. The first-order valence-corrected chi connectivity index (χ1v) is 14.0. The summed E-state index contributed by atoms with van der Waals surface area (Å²) in [5.41, 5.74) is 2.47. The molecular formula is C29H51ClN2O2. The summed E-state index contributed by atoms with van der Waals surface area (Å²) < 4.78 is 5.84. The number of nitrogens with zero attached hydrogens (tertiary/aromatic N) is 1. The SMILES string of the molecule is CCCC(C)C1CCC2C3CC=C4CC(OC(=O)NCCN(C)C)CC[C@]4(C)C3CC[C@]12C.Cl. The predicted molar refractivity (Wildman–Crippen MR) is 143 cm³/mol. The van der Waals surface area contributed by atoms with Crippen LogP contribution in [0.15, 0.2) is 11.6 Å². The van der Waals surface area contributed by atoms with E-state index in [9.17, 15) is 4.79 Å². The molecule has 34 heavy (non-hydrogen) atoms. The molecule has 196 valence electrons. The van der Waals surface area contributed by atoms with Gasteiger partial charge in [0.2, 0.25) is 0 Å². The minimum atomic E-state index is -0.244. The van der Waals surface area contributed by atoms with E-state index in [1.54, 1.807) is 5.57 Å². The maximum absolute atomic E-state index is 12.3. The van der Waals surface area contributed by atoms with Crippen LogP contribution in [0.1, 0.15) is 91.9 Å². The molecule has 6 unspecified atom stereocenters. The Bertz CT molecular complexity index is 740. The van der Waals surface area contributed by atoms with E-state index in [0.29, 0.717) is 17.4 Å². The molecule has 0 heterocycles. The van der Waals surface area contributed by atoms with Crippen LogP contribution < -0.4 is 5.32 Å². The Balaban J connectivity index is 0.00000324. The molecule has 0 aliphatic heterocycles. The average molecular weight is 495 g/mol. The van der Waals surface area contributed by atoms with Gasteiger partial charge in [-0.15, -0.1) is 12.4 Å². The first-order valence-electron chi connectivity index (χ1n) is 14.0. The molecule has 0 aromatic heterocycles. The van der Waals surface area contributed by atoms with Gasteiger partial charge in [0.05, 0.1) is 0 Å². The highest BCUT2D eigenvalue weighted by atomic mass is 35.5. The van der Waals surface area contributed by atoms with E-state index in [4.69, 9.17) is 4.74 Å². The van der Waals surface area contributed by atoms with Crippen molar-refractivity contribution in [2.75, 3.05) is 27.2 Å². The molecule has 0 radical (unpaired) electrons. The van der Waals surface area contributed by atoms with Crippen molar-refractivity contribution in [2.45, 2.75) is 98.0 Å². The highest BCUT2D eigenvalue weighted by Crippen LogP contribution is 2.67. The zero-order chi connectivity index (χ0) is 23.8. The van der Waals surface area contributed by atoms with Gasteiger partial charge in [-0.25, -0.2) is 4.79 Å². The maximum Gasteiger partial charge on any atom is 0.407 e. The fourth-order valence-electron chi connectivity index (χ4n) is 8.93. The second-order valence-corrected chi connectivity index (χ2v) is 12.8. The summed E-state index contributed by atoms with van der Waals surface area (Å²) in [6.07, 6.45) is 15.2. The van der Waals surface area contributed by atoms with Crippen molar-refractivity contribution in [3.05, 3.63) is 11.6 Å². The standard InChI is InChI=1S/C29H50N2O2.ClH/c1-7-8-20(2)24-11-12-25-23-10-9-21-19-22(33-27(32)30-17-18-31(5)6)13-15-28(21,3)26(23)14-16-29(24,25)4;/h9,20,22-26H,7-8,10-19H2,1-6H3,(H,30,32);1H/t20?,22?,23?,24?,25?,26?,28-,29+;/m0./s1. The smallest absolute Gasteiger partial charge is 0.407 e. The third kappa shape index (κ3) is 5.19. The van der Waals surface area contributed by atoms with Crippen LogP contribution in [0.4, 0.5) is 4.79 Å². The van der Waals surface area contributed by atoms with Crippen molar-refractivity contribution < 1.29 is 9.53 Å². The summed E-state index contributed by atoms with van der Waals surface area (Å²) in [4.78, 5) is 14.4. The number of carbonyl (C=O) groups is 1. The lowest BCUT2D eigenvalue weighted by Crippen LogP contribution is -2.51. The zero-order valence-electron chi connectivity index (χ0n) is 22.7. The topological polar surface area (TPSA) is 41.6 Å². The second-order valence-electron chi connectivity index (χ2n) is 12.8. The Labute approximate surface area is 215 Å². The molecule has 0 bridgehead atoms. The Kier molecular flexibility index (Phi) is 9.10. The molecule has 1 amide bonds. The van der Waals surface area contributed by atoms with Crippen LogP contribution in [0.5, 0.6) is 0 Å². The number of likely N-dealkylation sites (N-methyl/N-ethyl adjacent to an activating group) is 1. The molecule has 4 aliphatic rings. The summed E-state index contributed by atoms with van der Waals surface area (Å²) in [6.45, 7) is 11.6. The minimum absolute atomic E-state index is 0. The first kappa shape index (κ1) is 27.8. The zero-order valence-corrected chi connectivity index (χ0v) is 23.5. The van der Waals surface area contributed by atoms with Gasteiger partial charge in [-0.1, -0.05) is 52.2 Å². The van der Waals surface area contributed by atoms with Gasteiger partial charge < -0.3 is 15.0 Å². The van der Waals surface area contributed by atoms with E-state index < -0.39 is 0 Å². The molecule has 4 aliphatic carbocycles. The molecule has 1 N–H and O–H groups in total. The summed E-state index contributed by atoms with van der Waals surface area (Å²) in [6, 6.07) is 0. The fourth-order valence-corrected chi connectivity index (χ4v) is 8.93. The van der Waals surface area contributed by atoms with Gasteiger partial charge in [-0.3, -0.25) is 0 Å². The van der Waals surface area contributed by atoms with E-state index in [1.165, 1.54) is 51.4 Å². The van der Waals surface area contributed by atoms with Gasteiger partial charge in [0.1, 0.15) is 6.10 Å². The molecule has 3 saturated carbocycles. The van der Waals surface area contributed by atoms with Crippen molar-refractivity contribution >= 4 is 18.5 Å². The molecule has 0 saturated heterocycles. The highest BCUT2D eigenvalue weighted by Gasteiger charge is 2.59. The van der Waals surface area contributed by atoms with Crippen LogP contribution in [0.2, 0.25) is 0 Å². The van der Waals surface area contributed by atoms with Crippen LogP contribution in [0.25, 0.3) is 0 Å². The average Bonchev–Trinajstić information content (AvgIpc) is 3.11. The normalized spacial score (nSPS) is 39.7. The van der Waals surface area contributed by atoms with Gasteiger partial charge in [0.25, 0.3) is 0 Å². The third-order valence-corrected chi connectivity index (χ3v) is 10.7. The lowest BCUT2D eigenvalue weighted by atomic mass is 9.47. The molecule has 4 nitrogen and oxygen atoms in total. The van der Waals surface area contributed by atoms with Crippen molar-refractivity contribution in [3.63, 3.8) is 0 Å². The van der Waals surface area contributed by atoms with Gasteiger partial charge >= 0.3 is 6.09 Å². The van der Waals surface area contributed by atoms with Crippen molar-refractivity contribution in [1.82, 2.24) is 10.2 Å². The van der Waals surface area contributed by atoms with Gasteiger partial charge in [-0.2, -0.15) is 0 Å². The van der Waals surface area contributed by atoms with Crippen LogP contribution in [-0.2, 0) is 4.74 Å². The van der Waals surface area contributed by atoms with Crippen LogP contribution in [-0.4, -0.2) is 44.3 Å². The summed E-state index contributed by atoms with van der Waals surface area (Å²) >= 11 is 0. The number of hydrogen-bond acceptors (Lipinski definition) is 3. The van der Waals surface area contributed by atoms with E-state index in [2.05, 4.69) is 44.0 Å². The maximum atomic E-state index is 12.3. The van der Waals surface area contributed by atoms with Crippen LogP contribution in [0, 0.1) is 40.4 Å². The third-order valence-electron chi connectivity index (χ3n) is 10.7. The van der Waals surface area contributed by atoms with Crippen molar-refractivity contribution in [1.29, 1.82) is 0 Å². The largest absolute Gasteiger partial charge is 0.446 e. The molecule has 4 rings (SSSR count). The number of fused-ring (bicyclic) bond motifs is 5. The van der Waals surface area contributed by atoms with Crippen molar-refractivity contribution in [3.8, 4) is 0 Å². The molecule has 3 fully saturated rings. The Morgan fingerprint density at radius 1 is 1.18 bits per heavy atom. The molecule has 0 aromatic rings. The lowest BCUT2D eigenvalue weighted by molar-refractivity contribution is -0.0580. The molecule has 0 spiro atoms. The van der Waals surface area contributed by atoms with E-state index in [0.717, 1.165) is 49.0 Å². The number of nitrogens with one attached hydrogen (secondary N) is 1. The van der Waals surface area contributed by atoms with Gasteiger partial charge in [-0.05, 0) is 99.5 Å². The fraction of sp³-hybridized carbons (Fsp3) is 0.897. The molecule has 8 atom stereocenters.